The standard InChI is InChI=1S/C12H21NO/c1-6-7-12(4,5)8-11-9(2)13-14-10(11)3/h6-8H2,1-5H3. The van der Waals surface area contributed by atoms with Gasteiger partial charge in [-0.15, -0.1) is 0 Å². The summed E-state index contributed by atoms with van der Waals surface area (Å²) in [7, 11) is 0. The van der Waals surface area contributed by atoms with E-state index < -0.39 is 0 Å². The maximum Gasteiger partial charge on any atom is 0.137 e. The third-order valence-electron chi connectivity index (χ3n) is 2.76. The highest BCUT2D eigenvalue weighted by atomic mass is 16.5. The second kappa shape index (κ2) is 4.16. The van der Waals surface area contributed by atoms with Crippen LogP contribution in [0.4, 0.5) is 0 Å². The van der Waals surface area contributed by atoms with Gasteiger partial charge in [-0.3, -0.25) is 0 Å². The van der Waals surface area contributed by atoms with Crippen LogP contribution in [0.1, 0.15) is 50.6 Å². The molecule has 14 heavy (non-hydrogen) atoms. The molecule has 0 amide bonds. The van der Waals surface area contributed by atoms with Crippen molar-refractivity contribution in [2.45, 2.75) is 53.9 Å². The second-order valence-electron chi connectivity index (χ2n) is 4.89. The van der Waals surface area contributed by atoms with Gasteiger partial charge in [0.05, 0.1) is 5.69 Å². The first-order valence-electron chi connectivity index (χ1n) is 5.38. The van der Waals surface area contributed by atoms with Crippen LogP contribution >= 0.6 is 0 Å². The topological polar surface area (TPSA) is 26.0 Å². The van der Waals surface area contributed by atoms with Gasteiger partial charge in [0.15, 0.2) is 0 Å². The molecular formula is C12H21NO. The Labute approximate surface area is 86.7 Å². The van der Waals surface area contributed by atoms with Crippen molar-refractivity contribution in [3.05, 3.63) is 17.0 Å². The average molecular weight is 195 g/mol. The largest absolute Gasteiger partial charge is 0.361 e. The van der Waals surface area contributed by atoms with Crippen LogP contribution in [0, 0.1) is 19.3 Å². The fraction of sp³-hybridized carbons (Fsp3) is 0.750. The lowest BCUT2D eigenvalue weighted by molar-refractivity contribution is 0.325. The van der Waals surface area contributed by atoms with Gasteiger partial charge in [0.25, 0.3) is 0 Å². The van der Waals surface area contributed by atoms with Gasteiger partial charge in [-0.25, -0.2) is 0 Å². The summed E-state index contributed by atoms with van der Waals surface area (Å²) >= 11 is 0. The third-order valence-corrected chi connectivity index (χ3v) is 2.76. The van der Waals surface area contributed by atoms with Gasteiger partial charge >= 0.3 is 0 Å². The van der Waals surface area contributed by atoms with Gasteiger partial charge in [0.2, 0.25) is 0 Å². The lowest BCUT2D eigenvalue weighted by Gasteiger charge is -2.23. The Balaban J connectivity index is 2.77. The number of hydrogen-bond donors (Lipinski definition) is 0. The Morgan fingerprint density at radius 2 is 1.93 bits per heavy atom. The van der Waals surface area contributed by atoms with Crippen LogP contribution in [0.15, 0.2) is 4.52 Å². The Bertz CT molecular complexity index is 280. The quantitative estimate of drug-likeness (QED) is 0.732. The summed E-state index contributed by atoms with van der Waals surface area (Å²) in [6, 6.07) is 0. The van der Waals surface area contributed by atoms with Crippen molar-refractivity contribution in [1.82, 2.24) is 5.16 Å². The molecule has 0 aliphatic rings. The van der Waals surface area contributed by atoms with Crippen LogP contribution in [-0.4, -0.2) is 5.16 Å². The first-order chi connectivity index (χ1) is 6.46. The highest BCUT2D eigenvalue weighted by Gasteiger charge is 2.21. The van der Waals surface area contributed by atoms with E-state index in [0.29, 0.717) is 5.41 Å². The van der Waals surface area contributed by atoms with E-state index in [4.69, 9.17) is 4.52 Å². The van der Waals surface area contributed by atoms with E-state index >= 15 is 0 Å². The van der Waals surface area contributed by atoms with Crippen LogP contribution < -0.4 is 0 Å². The van der Waals surface area contributed by atoms with Gasteiger partial charge in [0, 0.05) is 5.56 Å². The summed E-state index contributed by atoms with van der Waals surface area (Å²) in [4.78, 5) is 0. The number of nitrogens with zero attached hydrogens (tertiary/aromatic N) is 1. The molecule has 0 unspecified atom stereocenters. The van der Waals surface area contributed by atoms with Crippen LogP contribution in [0.5, 0.6) is 0 Å². The lowest BCUT2D eigenvalue weighted by atomic mass is 9.81. The Hall–Kier alpha value is -0.790. The molecule has 2 nitrogen and oxygen atoms in total. The molecule has 0 radical (unpaired) electrons. The zero-order valence-corrected chi connectivity index (χ0v) is 9.98. The molecule has 0 aliphatic heterocycles. The molecule has 0 bridgehead atoms. The first kappa shape index (κ1) is 11.3. The summed E-state index contributed by atoms with van der Waals surface area (Å²) in [5.74, 6) is 0.978. The minimum Gasteiger partial charge on any atom is -0.361 e. The minimum absolute atomic E-state index is 0.357. The zero-order valence-electron chi connectivity index (χ0n) is 9.98. The third kappa shape index (κ3) is 2.60. The summed E-state index contributed by atoms with van der Waals surface area (Å²) in [5.41, 5.74) is 2.70. The molecule has 0 saturated heterocycles. The summed E-state index contributed by atoms with van der Waals surface area (Å²) in [6.07, 6.45) is 3.55. The van der Waals surface area contributed by atoms with Crippen LogP contribution in [-0.2, 0) is 6.42 Å². The molecule has 2 heteroatoms. The van der Waals surface area contributed by atoms with Crippen molar-refractivity contribution in [2.24, 2.45) is 5.41 Å². The van der Waals surface area contributed by atoms with Gasteiger partial charge in [-0.05, 0) is 32.1 Å². The minimum atomic E-state index is 0.357. The molecule has 1 heterocycles. The molecule has 1 aromatic rings. The van der Waals surface area contributed by atoms with Crippen molar-refractivity contribution < 1.29 is 4.52 Å². The van der Waals surface area contributed by atoms with E-state index in [1.165, 1.54) is 18.4 Å². The number of hydrogen-bond acceptors (Lipinski definition) is 2. The molecular weight excluding hydrogens is 174 g/mol. The van der Waals surface area contributed by atoms with Crippen molar-refractivity contribution in [3.63, 3.8) is 0 Å². The van der Waals surface area contributed by atoms with Crippen molar-refractivity contribution in [2.75, 3.05) is 0 Å². The monoisotopic (exact) mass is 195 g/mol. The molecule has 1 rings (SSSR count). The Morgan fingerprint density at radius 3 is 2.36 bits per heavy atom. The highest BCUT2D eigenvalue weighted by molar-refractivity contribution is 5.22. The van der Waals surface area contributed by atoms with E-state index in [-0.39, 0.29) is 0 Å². The maximum atomic E-state index is 5.17. The van der Waals surface area contributed by atoms with E-state index in [9.17, 15) is 0 Å². The fourth-order valence-electron chi connectivity index (χ4n) is 2.00. The SMILES string of the molecule is CCCC(C)(C)Cc1c(C)noc1C. The van der Waals surface area contributed by atoms with Crippen LogP contribution in [0.3, 0.4) is 0 Å². The molecule has 0 aromatic carbocycles. The van der Waals surface area contributed by atoms with Crippen LogP contribution in [0.25, 0.3) is 0 Å². The van der Waals surface area contributed by atoms with Crippen molar-refractivity contribution in [3.8, 4) is 0 Å². The van der Waals surface area contributed by atoms with E-state index in [1.54, 1.807) is 0 Å². The molecule has 0 N–H and O–H groups in total. The van der Waals surface area contributed by atoms with Crippen LogP contribution in [0.2, 0.25) is 0 Å². The highest BCUT2D eigenvalue weighted by Crippen LogP contribution is 2.29. The number of aryl methyl sites for hydroxylation is 2. The van der Waals surface area contributed by atoms with Crippen molar-refractivity contribution in [1.29, 1.82) is 0 Å². The lowest BCUT2D eigenvalue weighted by Crippen LogP contribution is -2.15. The molecule has 0 atom stereocenters. The van der Waals surface area contributed by atoms with E-state index in [0.717, 1.165) is 17.9 Å². The average Bonchev–Trinajstić information content (AvgIpc) is 2.35. The molecule has 80 valence electrons. The number of rotatable bonds is 4. The van der Waals surface area contributed by atoms with Gasteiger partial charge in [-0.2, -0.15) is 0 Å². The predicted molar refractivity (Wildman–Crippen MR) is 58.4 cm³/mol. The second-order valence-corrected chi connectivity index (χ2v) is 4.89. The van der Waals surface area contributed by atoms with E-state index in [1.807, 2.05) is 13.8 Å². The van der Waals surface area contributed by atoms with Gasteiger partial charge in [-0.1, -0.05) is 32.3 Å². The summed E-state index contributed by atoms with van der Waals surface area (Å²) < 4.78 is 5.17. The molecule has 1 aromatic heterocycles. The molecule has 0 aliphatic carbocycles. The smallest absolute Gasteiger partial charge is 0.137 e. The van der Waals surface area contributed by atoms with E-state index in [2.05, 4.69) is 25.9 Å². The van der Waals surface area contributed by atoms with Crippen molar-refractivity contribution >= 4 is 0 Å². The molecule has 0 fully saturated rings. The molecule has 0 spiro atoms. The Morgan fingerprint density at radius 1 is 1.29 bits per heavy atom. The first-order valence-corrected chi connectivity index (χ1v) is 5.38. The van der Waals surface area contributed by atoms with Gasteiger partial charge in [0.1, 0.15) is 5.76 Å². The normalized spacial score (nSPS) is 12.1. The summed E-state index contributed by atoms with van der Waals surface area (Å²) in [5, 5.41) is 3.99. The Kier molecular flexibility index (Phi) is 3.35. The molecule has 0 saturated carbocycles. The summed E-state index contributed by atoms with van der Waals surface area (Å²) in [6.45, 7) is 10.9. The fourth-order valence-corrected chi connectivity index (χ4v) is 2.00. The zero-order chi connectivity index (χ0) is 10.8. The number of aromatic nitrogens is 1. The van der Waals surface area contributed by atoms with Gasteiger partial charge < -0.3 is 4.52 Å². The predicted octanol–water partition coefficient (Wildman–Crippen LogP) is 3.66. The maximum absolute atomic E-state index is 5.17.